The summed E-state index contributed by atoms with van der Waals surface area (Å²) in [4.78, 5) is 25.2. The first-order valence-electron chi connectivity index (χ1n) is 7.45. The van der Waals surface area contributed by atoms with Crippen molar-refractivity contribution in [1.82, 2.24) is 15.5 Å². The summed E-state index contributed by atoms with van der Waals surface area (Å²) in [6, 6.07) is 0.432. The molecule has 0 radical (unpaired) electrons. The van der Waals surface area contributed by atoms with Gasteiger partial charge in [-0.05, 0) is 39.7 Å². The Bertz CT molecular complexity index is 284. The van der Waals surface area contributed by atoms with Gasteiger partial charge in [-0.3, -0.25) is 9.59 Å². The number of amides is 2. The van der Waals surface area contributed by atoms with Crippen LogP contribution < -0.4 is 10.6 Å². The largest absolute Gasteiger partial charge is 0.355 e. The molecule has 1 aliphatic rings. The van der Waals surface area contributed by atoms with Crippen LogP contribution >= 0.6 is 0 Å². The van der Waals surface area contributed by atoms with Gasteiger partial charge in [-0.1, -0.05) is 0 Å². The number of nitrogens with zero attached hydrogens (tertiary/aromatic N) is 1. The highest BCUT2D eigenvalue weighted by Crippen LogP contribution is 2.04. The van der Waals surface area contributed by atoms with Crippen LogP contribution in [0.1, 0.15) is 46.0 Å². The van der Waals surface area contributed by atoms with Gasteiger partial charge in [0.2, 0.25) is 11.8 Å². The van der Waals surface area contributed by atoms with Crippen molar-refractivity contribution in [1.29, 1.82) is 0 Å². The van der Waals surface area contributed by atoms with E-state index < -0.39 is 0 Å². The molecule has 1 saturated heterocycles. The number of hydrogen-bond donors (Lipinski definition) is 2. The summed E-state index contributed by atoms with van der Waals surface area (Å²) in [6.45, 7) is 7.21. The standard InChI is InChI=1S/C14H27N3O2/c1-3-17(4-2)14(19)9-5-8-13(18)16-11-12-7-6-10-15-12/h12,15H,3-11H2,1-2H3,(H,16,18). The van der Waals surface area contributed by atoms with Crippen molar-refractivity contribution in [2.24, 2.45) is 0 Å². The number of carbonyl (C=O) groups excluding carboxylic acids is 2. The minimum atomic E-state index is 0.0565. The van der Waals surface area contributed by atoms with Crippen LogP contribution in [0.25, 0.3) is 0 Å². The highest BCUT2D eigenvalue weighted by atomic mass is 16.2. The van der Waals surface area contributed by atoms with Crippen LogP contribution in [-0.4, -0.2) is 48.9 Å². The number of rotatable bonds is 8. The Morgan fingerprint density at radius 1 is 1.26 bits per heavy atom. The van der Waals surface area contributed by atoms with Gasteiger partial charge in [0.1, 0.15) is 0 Å². The molecule has 1 heterocycles. The zero-order valence-electron chi connectivity index (χ0n) is 12.2. The molecule has 0 bridgehead atoms. The van der Waals surface area contributed by atoms with Crippen LogP contribution in [-0.2, 0) is 9.59 Å². The minimum Gasteiger partial charge on any atom is -0.355 e. The SMILES string of the molecule is CCN(CC)C(=O)CCCC(=O)NCC1CCCN1. The number of hydrogen-bond acceptors (Lipinski definition) is 3. The van der Waals surface area contributed by atoms with Crippen LogP contribution in [0.2, 0.25) is 0 Å². The number of nitrogens with one attached hydrogen (secondary N) is 2. The molecule has 0 saturated carbocycles. The first-order valence-corrected chi connectivity index (χ1v) is 7.45. The molecule has 1 rings (SSSR count). The zero-order chi connectivity index (χ0) is 14.1. The summed E-state index contributed by atoms with van der Waals surface area (Å²) in [7, 11) is 0. The molecule has 1 aliphatic heterocycles. The molecule has 0 aromatic heterocycles. The van der Waals surface area contributed by atoms with E-state index in [4.69, 9.17) is 0 Å². The Labute approximate surface area is 116 Å². The summed E-state index contributed by atoms with van der Waals surface area (Å²) in [5.74, 6) is 0.205. The van der Waals surface area contributed by atoms with E-state index in [9.17, 15) is 9.59 Å². The smallest absolute Gasteiger partial charge is 0.222 e. The number of carbonyl (C=O) groups is 2. The fourth-order valence-electron chi connectivity index (χ4n) is 2.39. The third-order valence-electron chi connectivity index (χ3n) is 3.62. The highest BCUT2D eigenvalue weighted by Gasteiger charge is 2.15. The second-order valence-electron chi connectivity index (χ2n) is 5.02. The fraction of sp³-hybridized carbons (Fsp3) is 0.857. The fourth-order valence-corrected chi connectivity index (χ4v) is 2.39. The predicted molar refractivity (Wildman–Crippen MR) is 75.8 cm³/mol. The Morgan fingerprint density at radius 2 is 2.00 bits per heavy atom. The monoisotopic (exact) mass is 269 g/mol. The van der Waals surface area contributed by atoms with Gasteiger partial charge < -0.3 is 15.5 Å². The molecule has 5 heteroatoms. The van der Waals surface area contributed by atoms with Gasteiger partial charge in [0.05, 0.1) is 0 Å². The van der Waals surface area contributed by atoms with Gasteiger partial charge in [0.25, 0.3) is 0 Å². The van der Waals surface area contributed by atoms with E-state index in [1.54, 1.807) is 4.90 Å². The Hall–Kier alpha value is -1.10. The molecular formula is C14H27N3O2. The topological polar surface area (TPSA) is 61.4 Å². The van der Waals surface area contributed by atoms with Gasteiger partial charge in [0.15, 0.2) is 0 Å². The van der Waals surface area contributed by atoms with Crippen molar-refractivity contribution in [2.45, 2.75) is 52.0 Å². The average molecular weight is 269 g/mol. The van der Waals surface area contributed by atoms with Gasteiger partial charge in [0, 0.05) is 38.5 Å². The lowest BCUT2D eigenvalue weighted by atomic mass is 10.2. The molecule has 1 fully saturated rings. The van der Waals surface area contributed by atoms with Crippen molar-refractivity contribution < 1.29 is 9.59 Å². The second-order valence-corrected chi connectivity index (χ2v) is 5.02. The van der Waals surface area contributed by atoms with Crippen molar-refractivity contribution >= 4 is 11.8 Å². The van der Waals surface area contributed by atoms with Gasteiger partial charge in [-0.25, -0.2) is 0 Å². The molecule has 1 atom stereocenters. The molecule has 1 unspecified atom stereocenters. The van der Waals surface area contributed by atoms with E-state index in [1.807, 2.05) is 13.8 Å². The minimum absolute atomic E-state index is 0.0565. The van der Waals surface area contributed by atoms with E-state index in [-0.39, 0.29) is 11.8 Å². The van der Waals surface area contributed by atoms with Crippen LogP contribution in [0.4, 0.5) is 0 Å². The maximum absolute atomic E-state index is 11.7. The third-order valence-corrected chi connectivity index (χ3v) is 3.62. The van der Waals surface area contributed by atoms with E-state index >= 15 is 0 Å². The molecule has 5 nitrogen and oxygen atoms in total. The predicted octanol–water partition coefficient (Wildman–Crippen LogP) is 0.893. The maximum atomic E-state index is 11.7. The van der Waals surface area contributed by atoms with Crippen LogP contribution in [0.3, 0.4) is 0 Å². The van der Waals surface area contributed by atoms with E-state index in [0.29, 0.717) is 31.8 Å². The molecule has 2 amide bonds. The average Bonchev–Trinajstić information content (AvgIpc) is 2.91. The molecule has 110 valence electrons. The van der Waals surface area contributed by atoms with Crippen molar-refractivity contribution in [3.63, 3.8) is 0 Å². The molecule has 0 spiro atoms. The lowest BCUT2D eigenvalue weighted by Crippen LogP contribution is -2.37. The lowest BCUT2D eigenvalue weighted by Gasteiger charge is -2.18. The second kappa shape index (κ2) is 8.91. The summed E-state index contributed by atoms with van der Waals surface area (Å²) in [5.41, 5.74) is 0. The third kappa shape index (κ3) is 6.05. The van der Waals surface area contributed by atoms with E-state index in [1.165, 1.54) is 6.42 Å². The van der Waals surface area contributed by atoms with Crippen LogP contribution in [0.5, 0.6) is 0 Å². The maximum Gasteiger partial charge on any atom is 0.222 e. The van der Waals surface area contributed by atoms with Crippen LogP contribution in [0, 0.1) is 0 Å². The summed E-state index contributed by atoms with van der Waals surface area (Å²) >= 11 is 0. The van der Waals surface area contributed by atoms with Gasteiger partial charge in [-0.2, -0.15) is 0 Å². The molecule has 0 aromatic carbocycles. The van der Waals surface area contributed by atoms with E-state index in [2.05, 4.69) is 10.6 Å². The van der Waals surface area contributed by atoms with Crippen molar-refractivity contribution in [3.05, 3.63) is 0 Å². The Balaban J connectivity index is 2.07. The highest BCUT2D eigenvalue weighted by molar-refractivity contribution is 5.78. The molecule has 0 aliphatic carbocycles. The van der Waals surface area contributed by atoms with E-state index in [0.717, 1.165) is 26.1 Å². The van der Waals surface area contributed by atoms with Gasteiger partial charge >= 0.3 is 0 Å². The normalized spacial score (nSPS) is 18.3. The zero-order valence-corrected chi connectivity index (χ0v) is 12.2. The Kier molecular flexibility index (Phi) is 7.48. The van der Waals surface area contributed by atoms with Crippen LogP contribution in [0.15, 0.2) is 0 Å². The summed E-state index contributed by atoms with van der Waals surface area (Å²) < 4.78 is 0. The first kappa shape index (κ1) is 16.0. The molecule has 0 aromatic rings. The Morgan fingerprint density at radius 3 is 2.58 bits per heavy atom. The summed E-state index contributed by atoms with van der Waals surface area (Å²) in [6.07, 6.45) is 3.88. The molecule has 2 N–H and O–H groups in total. The first-order chi connectivity index (χ1) is 9.17. The molecular weight excluding hydrogens is 242 g/mol. The van der Waals surface area contributed by atoms with Crippen molar-refractivity contribution in [3.8, 4) is 0 Å². The summed E-state index contributed by atoms with van der Waals surface area (Å²) in [5, 5.41) is 6.27. The van der Waals surface area contributed by atoms with Gasteiger partial charge in [-0.15, -0.1) is 0 Å². The van der Waals surface area contributed by atoms with Crippen molar-refractivity contribution in [2.75, 3.05) is 26.2 Å². The quantitative estimate of drug-likeness (QED) is 0.688. The lowest BCUT2D eigenvalue weighted by molar-refractivity contribution is -0.131. The molecule has 19 heavy (non-hydrogen) atoms.